The molecule has 1 amide bonds. The van der Waals surface area contributed by atoms with Gasteiger partial charge >= 0.3 is 0 Å². The third-order valence-corrected chi connectivity index (χ3v) is 5.34. The number of carbonyl (C=O) groups excluding carboxylic acids is 1. The third-order valence-electron chi connectivity index (χ3n) is 4.39. The number of amides is 1. The Balaban J connectivity index is 1.49. The van der Waals surface area contributed by atoms with Crippen molar-refractivity contribution in [1.82, 2.24) is 20.1 Å². The minimum absolute atomic E-state index is 0.00479. The molecule has 2 aliphatic rings. The Morgan fingerprint density at radius 1 is 1.36 bits per heavy atom. The van der Waals surface area contributed by atoms with Gasteiger partial charge in [0.2, 0.25) is 0 Å². The zero-order valence-electron chi connectivity index (χ0n) is 12.7. The van der Waals surface area contributed by atoms with Crippen LogP contribution in [0.3, 0.4) is 0 Å². The molecule has 0 spiro atoms. The number of aryl methyl sites for hydroxylation is 1. The third kappa shape index (κ3) is 2.56. The summed E-state index contributed by atoms with van der Waals surface area (Å²) in [5.74, 6) is 2.65. The number of nitrogens with one attached hydrogen (secondary N) is 1. The van der Waals surface area contributed by atoms with Crippen LogP contribution in [-0.4, -0.2) is 20.7 Å². The molecule has 116 valence electrons. The first-order valence-corrected chi connectivity index (χ1v) is 8.94. The molecule has 2 fully saturated rings. The van der Waals surface area contributed by atoms with Gasteiger partial charge in [-0.25, -0.2) is 0 Å². The highest BCUT2D eigenvalue weighted by molar-refractivity contribution is 7.12. The lowest BCUT2D eigenvalue weighted by molar-refractivity contribution is 0.0952. The van der Waals surface area contributed by atoms with Gasteiger partial charge in [0.15, 0.2) is 5.82 Å². The summed E-state index contributed by atoms with van der Waals surface area (Å²) in [7, 11) is 0. The minimum atomic E-state index is 0.00479. The number of aromatic nitrogens is 3. The van der Waals surface area contributed by atoms with Gasteiger partial charge in [0, 0.05) is 12.0 Å². The highest BCUT2D eigenvalue weighted by Crippen LogP contribution is 2.44. The van der Waals surface area contributed by atoms with Gasteiger partial charge in [-0.3, -0.25) is 4.79 Å². The second-order valence-electron chi connectivity index (χ2n) is 6.16. The van der Waals surface area contributed by atoms with Crippen molar-refractivity contribution in [2.75, 3.05) is 0 Å². The summed E-state index contributed by atoms with van der Waals surface area (Å²) in [6.07, 6.45) is 5.77. The van der Waals surface area contributed by atoms with Crippen LogP contribution in [0.4, 0.5) is 0 Å². The van der Waals surface area contributed by atoms with E-state index < -0.39 is 0 Å². The van der Waals surface area contributed by atoms with Gasteiger partial charge < -0.3 is 9.88 Å². The fraction of sp³-hybridized carbons (Fsp3) is 0.562. The monoisotopic (exact) mass is 316 g/mol. The van der Waals surface area contributed by atoms with E-state index in [9.17, 15) is 4.79 Å². The van der Waals surface area contributed by atoms with E-state index in [-0.39, 0.29) is 5.91 Å². The molecule has 2 aromatic heterocycles. The maximum absolute atomic E-state index is 12.4. The van der Waals surface area contributed by atoms with Crippen molar-refractivity contribution in [3.05, 3.63) is 33.5 Å². The molecular weight excluding hydrogens is 296 g/mol. The summed E-state index contributed by atoms with van der Waals surface area (Å²) in [5.41, 5.74) is 1.12. The first-order chi connectivity index (χ1) is 10.8. The second-order valence-corrected chi connectivity index (χ2v) is 7.08. The van der Waals surface area contributed by atoms with Crippen molar-refractivity contribution in [2.45, 2.75) is 57.5 Å². The van der Waals surface area contributed by atoms with E-state index in [0.717, 1.165) is 28.5 Å². The molecule has 0 saturated heterocycles. The summed E-state index contributed by atoms with van der Waals surface area (Å²) in [6.45, 7) is 2.54. The molecular formula is C16H20N4OS. The molecule has 4 rings (SSSR count). The van der Waals surface area contributed by atoms with Crippen LogP contribution in [0.1, 0.15) is 71.5 Å². The summed E-state index contributed by atoms with van der Waals surface area (Å²) in [5, 5.41) is 13.7. The molecule has 0 bridgehead atoms. The van der Waals surface area contributed by atoms with Crippen molar-refractivity contribution < 1.29 is 4.79 Å². The predicted octanol–water partition coefficient (Wildman–Crippen LogP) is 3.04. The van der Waals surface area contributed by atoms with E-state index in [0.29, 0.717) is 18.5 Å². The van der Waals surface area contributed by atoms with Gasteiger partial charge in [0.1, 0.15) is 5.82 Å². The van der Waals surface area contributed by atoms with Crippen molar-refractivity contribution >= 4 is 17.2 Å². The van der Waals surface area contributed by atoms with Crippen molar-refractivity contribution in [1.29, 1.82) is 0 Å². The highest BCUT2D eigenvalue weighted by atomic mass is 32.1. The van der Waals surface area contributed by atoms with Gasteiger partial charge in [-0.05, 0) is 49.1 Å². The molecule has 2 saturated carbocycles. The quantitative estimate of drug-likeness (QED) is 0.891. The van der Waals surface area contributed by atoms with Gasteiger partial charge in [0.25, 0.3) is 5.91 Å². The first-order valence-electron chi connectivity index (χ1n) is 8.06. The molecule has 0 unspecified atom stereocenters. The van der Waals surface area contributed by atoms with Gasteiger partial charge in [-0.1, -0.05) is 6.92 Å². The topological polar surface area (TPSA) is 59.8 Å². The van der Waals surface area contributed by atoms with Crippen LogP contribution in [0, 0.1) is 0 Å². The normalized spacial score (nSPS) is 17.7. The number of rotatable bonds is 6. The standard InChI is InChI=1S/C16H20N4OS/c1-2-10-7-8-22-14(10)16(21)17-9-13-18-19-15(11-3-4-11)20(13)12-5-6-12/h7-8,11-12H,2-6,9H2,1H3,(H,17,21). The van der Waals surface area contributed by atoms with Crippen molar-refractivity contribution in [3.63, 3.8) is 0 Å². The molecule has 2 aliphatic carbocycles. The summed E-state index contributed by atoms with van der Waals surface area (Å²) >= 11 is 1.51. The van der Waals surface area contributed by atoms with Gasteiger partial charge in [-0.15, -0.1) is 21.5 Å². The number of hydrogen-bond acceptors (Lipinski definition) is 4. The van der Waals surface area contributed by atoms with Crippen LogP contribution in [0.25, 0.3) is 0 Å². The molecule has 0 atom stereocenters. The largest absolute Gasteiger partial charge is 0.344 e. The Morgan fingerprint density at radius 2 is 2.18 bits per heavy atom. The number of carbonyl (C=O) groups is 1. The molecule has 2 aromatic rings. The van der Waals surface area contributed by atoms with E-state index in [1.165, 1.54) is 37.0 Å². The number of thiophene rings is 1. The number of nitrogens with zero attached hydrogens (tertiary/aromatic N) is 3. The molecule has 0 radical (unpaired) electrons. The second kappa shape index (κ2) is 5.50. The summed E-state index contributed by atoms with van der Waals surface area (Å²) in [4.78, 5) is 13.2. The zero-order chi connectivity index (χ0) is 15.1. The van der Waals surface area contributed by atoms with Crippen LogP contribution in [0.5, 0.6) is 0 Å². The smallest absolute Gasteiger partial charge is 0.262 e. The van der Waals surface area contributed by atoms with E-state index in [4.69, 9.17) is 0 Å². The Morgan fingerprint density at radius 3 is 2.86 bits per heavy atom. The SMILES string of the molecule is CCc1ccsc1C(=O)NCc1nnc(C2CC2)n1C1CC1. The zero-order valence-corrected chi connectivity index (χ0v) is 13.5. The first kappa shape index (κ1) is 13.9. The van der Waals surface area contributed by atoms with Crippen LogP contribution in [0.2, 0.25) is 0 Å². The van der Waals surface area contributed by atoms with Gasteiger partial charge in [-0.2, -0.15) is 0 Å². The van der Waals surface area contributed by atoms with Crippen molar-refractivity contribution in [3.8, 4) is 0 Å². The molecule has 5 nitrogen and oxygen atoms in total. The lowest BCUT2D eigenvalue weighted by atomic mass is 10.2. The fourth-order valence-electron chi connectivity index (χ4n) is 2.86. The Labute approximate surface area is 133 Å². The maximum Gasteiger partial charge on any atom is 0.262 e. The number of hydrogen-bond donors (Lipinski definition) is 1. The maximum atomic E-state index is 12.4. The molecule has 1 N–H and O–H groups in total. The predicted molar refractivity (Wildman–Crippen MR) is 85.1 cm³/mol. The molecule has 0 aromatic carbocycles. The summed E-state index contributed by atoms with van der Waals surface area (Å²) < 4.78 is 2.28. The van der Waals surface area contributed by atoms with Crippen molar-refractivity contribution in [2.24, 2.45) is 0 Å². The molecule has 2 heterocycles. The minimum Gasteiger partial charge on any atom is -0.344 e. The van der Waals surface area contributed by atoms with Crippen LogP contribution in [-0.2, 0) is 13.0 Å². The average molecular weight is 316 g/mol. The van der Waals surface area contributed by atoms with Gasteiger partial charge in [0.05, 0.1) is 11.4 Å². The van der Waals surface area contributed by atoms with E-state index >= 15 is 0 Å². The van der Waals surface area contributed by atoms with E-state index in [1.807, 2.05) is 11.4 Å². The molecule has 6 heteroatoms. The Hall–Kier alpha value is -1.69. The lowest BCUT2D eigenvalue weighted by Gasteiger charge is -2.09. The van der Waals surface area contributed by atoms with E-state index in [1.54, 1.807) is 0 Å². The average Bonchev–Trinajstić information content (AvgIpc) is 3.46. The Kier molecular flexibility index (Phi) is 3.48. The molecule has 22 heavy (non-hydrogen) atoms. The lowest BCUT2D eigenvalue weighted by Crippen LogP contribution is -2.25. The van der Waals surface area contributed by atoms with Crippen LogP contribution >= 0.6 is 11.3 Å². The van der Waals surface area contributed by atoms with Crippen LogP contribution < -0.4 is 5.32 Å². The summed E-state index contributed by atoms with van der Waals surface area (Å²) in [6, 6.07) is 2.59. The van der Waals surface area contributed by atoms with E-state index in [2.05, 4.69) is 27.0 Å². The highest BCUT2D eigenvalue weighted by Gasteiger charge is 2.36. The Bertz CT molecular complexity index is 697. The molecule has 0 aliphatic heterocycles. The fourth-order valence-corrected chi connectivity index (χ4v) is 3.77. The van der Waals surface area contributed by atoms with Crippen LogP contribution in [0.15, 0.2) is 11.4 Å².